The van der Waals surface area contributed by atoms with Crippen molar-refractivity contribution in [3.8, 4) is 0 Å². The first kappa shape index (κ1) is 19.1. The van der Waals surface area contributed by atoms with Gasteiger partial charge in [-0.25, -0.2) is 4.79 Å². The molecular weight excluding hydrogens is 366 g/mol. The van der Waals surface area contributed by atoms with Crippen LogP contribution in [0.3, 0.4) is 0 Å². The van der Waals surface area contributed by atoms with Crippen LogP contribution in [0.1, 0.15) is 28.3 Å². The average Bonchev–Trinajstić information content (AvgIpc) is 3.12. The Morgan fingerprint density at radius 3 is 2.79 bits per heavy atom. The summed E-state index contributed by atoms with van der Waals surface area (Å²) in [6, 6.07) is 13.4. The number of urea groups is 1. The van der Waals surface area contributed by atoms with E-state index in [-0.39, 0.29) is 12.0 Å². The zero-order valence-corrected chi connectivity index (χ0v) is 16.9. The molecule has 2 aromatic rings. The number of para-hydroxylation sites is 1. The lowest BCUT2D eigenvalue weighted by molar-refractivity contribution is -0.145. The van der Waals surface area contributed by atoms with Crippen LogP contribution in [0, 0.1) is 19.8 Å². The number of fused-ring (bicyclic) bond motifs is 1. The minimum Gasteiger partial charge on any atom is -0.468 e. The van der Waals surface area contributed by atoms with Crippen LogP contribution >= 0.6 is 0 Å². The van der Waals surface area contributed by atoms with Crippen LogP contribution < -0.4 is 15.5 Å². The minimum atomic E-state index is -0.661. The van der Waals surface area contributed by atoms with Gasteiger partial charge in [-0.15, -0.1) is 0 Å². The topological polar surface area (TPSA) is 70.7 Å². The number of rotatable bonds is 3. The third-order valence-electron chi connectivity index (χ3n) is 5.66. The van der Waals surface area contributed by atoms with Crippen LogP contribution in [0.4, 0.5) is 10.5 Å². The third kappa shape index (κ3) is 3.58. The van der Waals surface area contributed by atoms with E-state index in [2.05, 4.69) is 27.7 Å². The highest BCUT2D eigenvalue weighted by Crippen LogP contribution is 2.35. The Kier molecular flexibility index (Phi) is 5.01. The number of hydrogen-bond acceptors (Lipinski definition) is 4. The molecule has 1 saturated heterocycles. The first-order valence-electron chi connectivity index (χ1n) is 9.76. The van der Waals surface area contributed by atoms with Gasteiger partial charge >= 0.3 is 12.0 Å². The number of benzene rings is 2. The number of anilines is 1. The van der Waals surface area contributed by atoms with Gasteiger partial charge in [0.15, 0.2) is 0 Å². The molecule has 6 nitrogen and oxygen atoms in total. The van der Waals surface area contributed by atoms with Crippen molar-refractivity contribution in [2.45, 2.75) is 26.3 Å². The zero-order valence-electron chi connectivity index (χ0n) is 16.9. The minimum absolute atomic E-state index is 0.324. The fraction of sp³-hybridized carbons (Fsp3) is 0.304. The molecule has 0 unspecified atom stereocenters. The van der Waals surface area contributed by atoms with Gasteiger partial charge in [0.2, 0.25) is 0 Å². The SMILES string of the molecule is COC(=O)[C@@H]1C(=CN2CCc3ccccc32)NC(=O)N[C@H]1c1cc(C)ccc1C. The average molecular weight is 391 g/mol. The van der Waals surface area contributed by atoms with Crippen molar-refractivity contribution < 1.29 is 14.3 Å². The van der Waals surface area contributed by atoms with Gasteiger partial charge in [0.05, 0.1) is 18.8 Å². The number of carbonyl (C=O) groups is 2. The molecule has 2 aliphatic heterocycles. The van der Waals surface area contributed by atoms with Crippen LogP contribution in [0.15, 0.2) is 54.4 Å². The standard InChI is InChI=1S/C23H25N3O3/c1-14-8-9-15(2)17(12-14)21-20(22(27)29-3)18(24-23(28)25-21)13-26-11-10-16-6-4-5-7-19(16)26/h4-9,12-13,20-21H,10-11H2,1-3H3,(H2,24,25,28)/t20-,21+/m1/s1. The van der Waals surface area contributed by atoms with E-state index in [1.807, 2.05) is 50.4 Å². The van der Waals surface area contributed by atoms with Gasteiger partial charge in [-0.1, -0.05) is 42.0 Å². The van der Waals surface area contributed by atoms with Crippen molar-refractivity contribution in [1.29, 1.82) is 0 Å². The summed E-state index contributed by atoms with van der Waals surface area (Å²) in [4.78, 5) is 27.4. The quantitative estimate of drug-likeness (QED) is 0.788. The van der Waals surface area contributed by atoms with Gasteiger partial charge < -0.3 is 20.3 Å². The molecule has 2 amide bonds. The lowest BCUT2D eigenvalue weighted by Gasteiger charge is -2.35. The van der Waals surface area contributed by atoms with E-state index in [1.165, 1.54) is 12.7 Å². The van der Waals surface area contributed by atoms with Crippen molar-refractivity contribution in [2.24, 2.45) is 5.92 Å². The van der Waals surface area contributed by atoms with Gasteiger partial charge in [0.25, 0.3) is 0 Å². The van der Waals surface area contributed by atoms with E-state index in [9.17, 15) is 9.59 Å². The fourth-order valence-corrected chi connectivity index (χ4v) is 4.17. The molecule has 2 aromatic carbocycles. The Bertz CT molecular complexity index is 999. The van der Waals surface area contributed by atoms with Crippen LogP contribution in [-0.2, 0) is 16.0 Å². The maximum Gasteiger partial charge on any atom is 0.319 e. The van der Waals surface area contributed by atoms with Gasteiger partial charge in [0, 0.05) is 18.4 Å². The third-order valence-corrected chi connectivity index (χ3v) is 5.66. The molecule has 0 aromatic heterocycles. The van der Waals surface area contributed by atoms with Crippen LogP contribution in [0.25, 0.3) is 0 Å². The first-order valence-corrected chi connectivity index (χ1v) is 9.76. The summed E-state index contributed by atoms with van der Waals surface area (Å²) in [6.07, 6.45) is 2.81. The Morgan fingerprint density at radius 2 is 2.00 bits per heavy atom. The van der Waals surface area contributed by atoms with Crippen molar-refractivity contribution in [3.05, 3.63) is 76.6 Å². The van der Waals surface area contributed by atoms with Crippen LogP contribution in [-0.4, -0.2) is 25.7 Å². The molecule has 1 fully saturated rings. The summed E-state index contributed by atoms with van der Waals surface area (Å²) >= 11 is 0. The highest BCUT2D eigenvalue weighted by atomic mass is 16.5. The summed E-state index contributed by atoms with van der Waals surface area (Å²) in [5.41, 5.74) is 5.90. The molecule has 0 saturated carbocycles. The number of ether oxygens (including phenoxy) is 1. The van der Waals surface area contributed by atoms with Crippen LogP contribution in [0.2, 0.25) is 0 Å². The smallest absolute Gasteiger partial charge is 0.319 e. The molecule has 2 N–H and O–H groups in total. The van der Waals surface area contributed by atoms with E-state index in [0.717, 1.165) is 35.3 Å². The summed E-state index contributed by atoms with van der Waals surface area (Å²) in [7, 11) is 1.38. The molecule has 6 heteroatoms. The highest BCUT2D eigenvalue weighted by Gasteiger charge is 2.40. The zero-order chi connectivity index (χ0) is 20.5. The second-order valence-electron chi connectivity index (χ2n) is 7.59. The monoisotopic (exact) mass is 391 g/mol. The number of carbonyl (C=O) groups excluding carboxylic acids is 2. The Balaban J connectivity index is 1.77. The molecule has 2 heterocycles. The number of hydrogen-bond donors (Lipinski definition) is 2. The number of esters is 1. The van der Waals surface area contributed by atoms with Gasteiger partial charge in [-0.3, -0.25) is 4.79 Å². The largest absolute Gasteiger partial charge is 0.468 e. The lowest BCUT2D eigenvalue weighted by atomic mass is 9.86. The van der Waals surface area contributed by atoms with E-state index < -0.39 is 12.0 Å². The molecule has 0 bridgehead atoms. The number of methoxy groups -OCH3 is 1. The Labute approximate surface area is 170 Å². The Hall–Kier alpha value is -3.28. The number of nitrogens with zero attached hydrogens (tertiary/aromatic N) is 1. The van der Waals surface area contributed by atoms with Gasteiger partial charge in [0.1, 0.15) is 5.92 Å². The molecule has 150 valence electrons. The highest BCUT2D eigenvalue weighted by molar-refractivity contribution is 5.86. The van der Waals surface area contributed by atoms with Crippen molar-refractivity contribution >= 4 is 17.7 Å². The predicted octanol–water partition coefficient (Wildman–Crippen LogP) is 3.35. The molecule has 29 heavy (non-hydrogen) atoms. The summed E-state index contributed by atoms with van der Waals surface area (Å²) < 4.78 is 5.12. The second-order valence-corrected chi connectivity index (χ2v) is 7.59. The number of amides is 2. The molecule has 2 atom stereocenters. The molecule has 0 aliphatic carbocycles. The molecule has 0 radical (unpaired) electrons. The fourth-order valence-electron chi connectivity index (χ4n) is 4.17. The lowest BCUT2D eigenvalue weighted by Crippen LogP contribution is -2.52. The second kappa shape index (κ2) is 7.62. The summed E-state index contributed by atoms with van der Waals surface area (Å²) in [5.74, 6) is -1.05. The van der Waals surface area contributed by atoms with Gasteiger partial charge in [-0.05, 0) is 43.0 Å². The first-order chi connectivity index (χ1) is 14.0. The summed E-state index contributed by atoms with van der Waals surface area (Å²) in [5, 5.41) is 5.77. The summed E-state index contributed by atoms with van der Waals surface area (Å²) in [6.45, 7) is 4.78. The number of nitrogens with one attached hydrogen (secondary N) is 2. The normalized spacial score (nSPS) is 22.1. The van der Waals surface area contributed by atoms with Crippen LogP contribution in [0.5, 0.6) is 0 Å². The van der Waals surface area contributed by atoms with E-state index >= 15 is 0 Å². The Morgan fingerprint density at radius 1 is 1.21 bits per heavy atom. The van der Waals surface area contributed by atoms with Gasteiger partial charge in [-0.2, -0.15) is 0 Å². The van der Waals surface area contributed by atoms with Crippen molar-refractivity contribution in [3.63, 3.8) is 0 Å². The number of aryl methyl sites for hydroxylation is 2. The maximum absolute atomic E-state index is 12.8. The van der Waals surface area contributed by atoms with E-state index in [4.69, 9.17) is 4.74 Å². The predicted molar refractivity (Wildman–Crippen MR) is 111 cm³/mol. The van der Waals surface area contributed by atoms with Crippen molar-refractivity contribution in [2.75, 3.05) is 18.6 Å². The van der Waals surface area contributed by atoms with Crippen molar-refractivity contribution in [1.82, 2.24) is 10.6 Å². The van der Waals surface area contributed by atoms with E-state index in [1.54, 1.807) is 0 Å². The molecule has 0 spiro atoms. The maximum atomic E-state index is 12.8. The molecule has 4 rings (SSSR count). The van der Waals surface area contributed by atoms with E-state index in [0.29, 0.717) is 5.70 Å². The molecular formula is C23H25N3O3. The molecule has 2 aliphatic rings.